The summed E-state index contributed by atoms with van der Waals surface area (Å²) in [7, 11) is 1.60. The molecule has 1 saturated carbocycles. The molecular formula is C13H21BrO5. The van der Waals surface area contributed by atoms with Crippen LogP contribution in [-0.4, -0.2) is 43.2 Å². The summed E-state index contributed by atoms with van der Waals surface area (Å²) < 4.78 is 15.4. The van der Waals surface area contributed by atoms with Gasteiger partial charge in [-0.15, -0.1) is 0 Å². The van der Waals surface area contributed by atoms with Crippen molar-refractivity contribution in [3.8, 4) is 0 Å². The standard InChI is InChI=1S/C13H21BrO5/c1-4-18-12(15)8-6-10(14)11(17-3)7-9(8)13(16)19-5-2/h8-11H,4-7H2,1-3H3. The van der Waals surface area contributed by atoms with Gasteiger partial charge in [-0.25, -0.2) is 0 Å². The monoisotopic (exact) mass is 336 g/mol. The predicted octanol–water partition coefficient (Wildman–Crippen LogP) is 1.92. The molecule has 5 nitrogen and oxygen atoms in total. The molecule has 0 aromatic heterocycles. The van der Waals surface area contributed by atoms with E-state index in [1.807, 2.05) is 0 Å². The molecule has 1 fully saturated rings. The molecule has 4 unspecified atom stereocenters. The van der Waals surface area contributed by atoms with Crippen LogP contribution in [0.25, 0.3) is 0 Å². The summed E-state index contributed by atoms with van der Waals surface area (Å²) >= 11 is 3.51. The lowest BCUT2D eigenvalue weighted by Crippen LogP contribution is -2.44. The van der Waals surface area contributed by atoms with Crippen molar-refractivity contribution < 1.29 is 23.8 Å². The van der Waals surface area contributed by atoms with Crippen molar-refractivity contribution in [1.29, 1.82) is 0 Å². The Labute approximate surface area is 122 Å². The minimum absolute atomic E-state index is 0.0394. The van der Waals surface area contributed by atoms with Gasteiger partial charge in [0, 0.05) is 11.9 Å². The van der Waals surface area contributed by atoms with Gasteiger partial charge in [-0.3, -0.25) is 9.59 Å². The number of hydrogen-bond acceptors (Lipinski definition) is 5. The van der Waals surface area contributed by atoms with Crippen LogP contribution in [-0.2, 0) is 23.8 Å². The molecule has 0 heterocycles. The number of carbonyl (C=O) groups excluding carboxylic acids is 2. The van der Waals surface area contributed by atoms with Crippen molar-refractivity contribution in [2.24, 2.45) is 11.8 Å². The van der Waals surface area contributed by atoms with Crippen LogP contribution in [0.1, 0.15) is 26.7 Å². The number of hydrogen-bond donors (Lipinski definition) is 0. The Hall–Kier alpha value is -0.620. The van der Waals surface area contributed by atoms with E-state index >= 15 is 0 Å². The number of esters is 2. The van der Waals surface area contributed by atoms with E-state index < -0.39 is 11.8 Å². The summed E-state index contributed by atoms with van der Waals surface area (Å²) in [6, 6.07) is 0. The topological polar surface area (TPSA) is 61.8 Å². The molecule has 6 heteroatoms. The molecule has 0 aromatic rings. The number of methoxy groups -OCH3 is 1. The van der Waals surface area contributed by atoms with E-state index in [0.717, 1.165) is 0 Å². The van der Waals surface area contributed by atoms with Crippen LogP contribution < -0.4 is 0 Å². The van der Waals surface area contributed by atoms with Crippen molar-refractivity contribution in [2.75, 3.05) is 20.3 Å². The fourth-order valence-electron chi connectivity index (χ4n) is 2.38. The smallest absolute Gasteiger partial charge is 0.309 e. The van der Waals surface area contributed by atoms with E-state index in [-0.39, 0.29) is 22.9 Å². The molecule has 0 aromatic carbocycles. The fourth-order valence-corrected chi connectivity index (χ4v) is 3.22. The van der Waals surface area contributed by atoms with Crippen LogP contribution in [0.5, 0.6) is 0 Å². The molecule has 0 aliphatic heterocycles. The van der Waals surface area contributed by atoms with Crippen LogP contribution in [0.15, 0.2) is 0 Å². The highest BCUT2D eigenvalue weighted by Gasteiger charge is 2.44. The summed E-state index contributed by atoms with van der Waals surface area (Å²) in [6.45, 7) is 4.12. The largest absolute Gasteiger partial charge is 0.466 e. The Morgan fingerprint density at radius 1 is 1.05 bits per heavy atom. The van der Waals surface area contributed by atoms with E-state index in [0.29, 0.717) is 26.1 Å². The molecule has 1 rings (SSSR count). The highest BCUT2D eigenvalue weighted by molar-refractivity contribution is 9.09. The Morgan fingerprint density at radius 3 is 1.95 bits per heavy atom. The Bertz CT molecular complexity index is 320. The molecule has 0 saturated heterocycles. The minimum atomic E-state index is -0.488. The molecule has 19 heavy (non-hydrogen) atoms. The summed E-state index contributed by atoms with van der Waals surface area (Å²) in [5.74, 6) is -1.63. The minimum Gasteiger partial charge on any atom is -0.466 e. The molecule has 0 N–H and O–H groups in total. The van der Waals surface area contributed by atoms with Gasteiger partial charge in [0.15, 0.2) is 0 Å². The maximum atomic E-state index is 12.0. The highest BCUT2D eigenvalue weighted by Crippen LogP contribution is 2.37. The number of carbonyl (C=O) groups is 2. The van der Waals surface area contributed by atoms with Crippen LogP contribution in [0.4, 0.5) is 0 Å². The van der Waals surface area contributed by atoms with Gasteiger partial charge in [-0.2, -0.15) is 0 Å². The van der Waals surface area contributed by atoms with Gasteiger partial charge in [0.25, 0.3) is 0 Å². The van der Waals surface area contributed by atoms with Crippen LogP contribution in [0.2, 0.25) is 0 Å². The Balaban J connectivity index is 2.83. The van der Waals surface area contributed by atoms with Crippen LogP contribution in [0.3, 0.4) is 0 Å². The maximum absolute atomic E-state index is 12.0. The summed E-state index contributed by atoms with van der Waals surface area (Å²) in [6.07, 6.45) is 0.885. The molecule has 0 radical (unpaired) electrons. The molecular weight excluding hydrogens is 316 g/mol. The average molecular weight is 337 g/mol. The first-order valence-corrected chi connectivity index (χ1v) is 7.46. The van der Waals surface area contributed by atoms with Gasteiger partial charge in [0.05, 0.1) is 31.2 Å². The molecule has 1 aliphatic rings. The van der Waals surface area contributed by atoms with Crippen LogP contribution in [0, 0.1) is 11.8 Å². The van der Waals surface area contributed by atoms with E-state index in [9.17, 15) is 9.59 Å². The van der Waals surface area contributed by atoms with Crippen molar-refractivity contribution in [3.05, 3.63) is 0 Å². The Morgan fingerprint density at radius 2 is 1.53 bits per heavy atom. The van der Waals surface area contributed by atoms with E-state index in [2.05, 4.69) is 15.9 Å². The summed E-state index contributed by atoms with van der Waals surface area (Å²) in [5, 5.41) is 0. The third-order valence-electron chi connectivity index (χ3n) is 3.34. The lowest BCUT2D eigenvalue weighted by atomic mass is 9.77. The average Bonchev–Trinajstić information content (AvgIpc) is 2.38. The van der Waals surface area contributed by atoms with Gasteiger partial charge in [0.2, 0.25) is 0 Å². The maximum Gasteiger partial charge on any atom is 0.309 e. The number of rotatable bonds is 5. The molecule has 0 spiro atoms. The molecule has 4 atom stereocenters. The zero-order valence-electron chi connectivity index (χ0n) is 11.6. The molecule has 1 aliphatic carbocycles. The van der Waals surface area contributed by atoms with Crippen molar-refractivity contribution in [1.82, 2.24) is 0 Å². The third-order valence-corrected chi connectivity index (χ3v) is 4.30. The summed E-state index contributed by atoms with van der Waals surface area (Å²) in [5.41, 5.74) is 0. The van der Waals surface area contributed by atoms with Gasteiger partial charge in [0.1, 0.15) is 0 Å². The zero-order valence-corrected chi connectivity index (χ0v) is 13.1. The first-order chi connectivity index (χ1) is 9.04. The second-order valence-electron chi connectivity index (χ2n) is 4.48. The first-order valence-electron chi connectivity index (χ1n) is 6.55. The van der Waals surface area contributed by atoms with Crippen molar-refractivity contribution >= 4 is 27.9 Å². The number of ether oxygens (including phenoxy) is 3. The number of halogens is 1. The molecule has 110 valence electrons. The van der Waals surface area contributed by atoms with E-state index in [4.69, 9.17) is 14.2 Å². The lowest BCUT2D eigenvalue weighted by molar-refractivity contribution is -0.164. The second-order valence-corrected chi connectivity index (χ2v) is 5.65. The van der Waals surface area contributed by atoms with Crippen molar-refractivity contribution in [2.45, 2.75) is 37.6 Å². The Kier molecular flexibility index (Phi) is 6.79. The zero-order chi connectivity index (χ0) is 14.4. The van der Waals surface area contributed by atoms with Gasteiger partial charge in [-0.05, 0) is 26.7 Å². The summed E-state index contributed by atoms with van der Waals surface area (Å²) in [4.78, 5) is 24.0. The fraction of sp³-hybridized carbons (Fsp3) is 0.846. The van der Waals surface area contributed by atoms with Crippen LogP contribution >= 0.6 is 15.9 Å². The lowest BCUT2D eigenvalue weighted by Gasteiger charge is -2.35. The van der Waals surface area contributed by atoms with Crippen molar-refractivity contribution in [3.63, 3.8) is 0 Å². The van der Waals surface area contributed by atoms with Gasteiger partial charge >= 0.3 is 11.9 Å². The molecule has 0 bridgehead atoms. The SMILES string of the molecule is CCOC(=O)C1CC(Br)C(OC)CC1C(=O)OCC. The quantitative estimate of drug-likeness (QED) is 0.567. The van der Waals surface area contributed by atoms with Gasteiger partial charge < -0.3 is 14.2 Å². The number of alkyl halides is 1. The normalized spacial score (nSPS) is 30.7. The predicted molar refractivity (Wildman–Crippen MR) is 73.0 cm³/mol. The first kappa shape index (κ1) is 16.4. The highest BCUT2D eigenvalue weighted by atomic mass is 79.9. The van der Waals surface area contributed by atoms with E-state index in [1.165, 1.54) is 0 Å². The molecule has 0 amide bonds. The van der Waals surface area contributed by atoms with Gasteiger partial charge in [-0.1, -0.05) is 15.9 Å². The third kappa shape index (κ3) is 4.18. The van der Waals surface area contributed by atoms with E-state index in [1.54, 1.807) is 21.0 Å². The second kappa shape index (κ2) is 7.85.